The molecule has 0 aliphatic carbocycles. The van der Waals surface area contributed by atoms with Crippen LogP contribution >= 0.6 is 11.6 Å². The molecule has 0 unspecified atom stereocenters. The van der Waals surface area contributed by atoms with E-state index in [1.54, 1.807) is 36.4 Å². The molecular weight excluding hydrogens is 318 g/mol. The molecule has 0 aliphatic rings. The maximum Gasteiger partial charge on any atom is 0.252 e. The molecule has 2 N–H and O–H groups in total. The van der Waals surface area contributed by atoms with E-state index in [0.29, 0.717) is 29.3 Å². The molecule has 0 aliphatic heterocycles. The van der Waals surface area contributed by atoms with Gasteiger partial charge in [0.2, 0.25) is 5.91 Å². The zero-order valence-electron chi connectivity index (χ0n) is 12.3. The Bertz CT molecular complexity index is 684. The number of amides is 2. The largest absolute Gasteiger partial charge is 0.463 e. The molecule has 1 aromatic carbocycles. The Kier molecular flexibility index (Phi) is 6.38. The topological polar surface area (TPSA) is 83.7 Å². The number of carbonyl (C=O) groups excluding carboxylic acids is 2. The summed E-state index contributed by atoms with van der Waals surface area (Å²) in [7, 11) is 0. The van der Waals surface area contributed by atoms with Crippen molar-refractivity contribution in [1.82, 2.24) is 10.7 Å². The first kappa shape index (κ1) is 16.8. The maximum atomic E-state index is 11.9. The average molecular weight is 334 g/mol. The molecule has 120 valence electrons. The smallest absolute Gasteiger partial charge is 0.252 e. The molecule has 0 saturated carbocycles. The lowest BCUT2D eigenvalue weighted by atomic mass is 10.2. The number of halogens is 1. The second kappa shape index (κ2) is 8.75. The zero-order valence-corrected chi connectivity index (χ0v) is 13.0. The normalized spacial score (nSPS) is 10.7. The molecule has 0 atom stereocenters. The van der Waals surface area contributed by atoms with Crippen LogP contribution in [0.15, 0.2) is 52.2 Å². The van der Waals surface area contributed by atoms with Crippen molar-refractivity contribution in [2.75, 3.05) is 6.54 Å². The Balaban J connectivity index is 1.64. The van der Waals surface area contributed by atoms with Crippen molar-refractivity contribution in [2.45, 2.75) is 12.8 Å². The van der Waals surface area contributed by atoms with E-state index < -0.39 is 0 Å². The lowest BCUT2D eigenvalue weighted by Crippen LogP contribution is -2.26. The third-order valence-electron chi connectivity index (χ3n) is 2.91. The van der Waals surface area contributed by atoms with Crippen molar-refractivity contribution in [3.8, 4) is 0 Å². The Labute approximate surface area is 138 Å². The van der Waals surface area contributed by atoms with Crippen molar-refractivity contribution >= 4 is 29.6 Å². The van der Waals surface area contributed by atoms with Gasteiger partial charge >= 0.3 is 0 Å². The van der Waals surface area contributed by atoms with E-state index in [-0.39, 0.29) is 18.2 Å². The highest BCUT2D eigenvalue weighted by Crippen LogP contribution is 2.14. The van der Waals surface area contributed by atoms with Gasteiger partial charge in [0.25, 0.3) is 5.91 Å². The fraction of sp³-hybridized carbons (Fsp3) is 0.188. The lowest BCUT2D eigenvalue weighted by Gasteiger charge is -2.06. The first-order valence-electron chi connectivity index (χ1n) is 7.05. The number of nitrogens with one attached hydrogen (secondary N) is 2. The van der Waals surface area contributed by atoms with Gasteiger partial charge in [0.1, 0.15) is 5.76 Å². The van der Waals surface area contributed by atoms with Crippen molar-refractivity contribution < 1.29 is 14.0 Å². The predicted molar refractivity (Wildman–Crippen MR) is 87.5 cm³/mol. The predicted octanol–water partition coefficient (Wildman–Crippen LogP) is 2.59. The monoisotopic (exact) mass is 333 g/mol. The van der Waals surface area contributed by atoms with Crippen LogP contribution in [0.2, 0.25) is 5.02 Å². The van der Waals surface area contributed by atoms with E-state index in [4.69, 9.17) is 16.0 Å². The van der Waals surface area contributed by atoms with Crippen molar-refractivity contribution in [1.29, 1.82) is 0 Å². The Hall–Kier alpha value is -2.60. The fourth-order valence-corrected chi connectivity index (χ4v) is 2.00. The van der Waals surface area contributed by atoms with E-state index >= 15 is 0 Å². The van der Waals surface area contributed by atoms with E-state index in [1.807, 2.05) is 0 Å². The number of hydrogen-bond acceptors (Lipinski definition) is 4. The number of hydrazone groups is 1. The molecule has 1 heterocycles. The van der Waals surface area contributed by atoms with E-state index in [1.165, 1.54) is 12.5 Å². The molecule has 7 heteroatoms. The standard InChI is InChI=1S/C16H16ClN3O3/c17-14-7-2-1-6-13(14)16(22)18-9-3-8-15(21)20-19-11-12-5-4-10-23-12/h1-2,4-7,10-11H,3,8-9H2,(H,18,22)(H,20,21)/b19-11+. The Morgan fingerprint density at radius 2 is 2.04 bits per heavy atom. The molecule has 0 saturated heterocycles. The maximum absolute atomic E-state index is 11.9. The molecule has 0 fully saturated rings. The molecule has 23 heavy (non-hydrogen) atoms. The van der Waals surface area contributed by atoms with Gasteiger partial charge in [-0.1, -0.05) is 23.7 Å². The number of hydrogen-bond donors (Lipinski definition) is 2. The van der Waals surface area contributed by atoms with E-state index in [2.05, 4.69) is 15.8 Å². The molecule has 1 aromatic heterocycles. The number of benzene rings is 1. The first-order chi connectivity index (χ1) is 11.2. The van der Waals surface area contributed by atoms with Crippen LogP contribution in [0.25, 0.3) is 0 Å². The molecule has 2 aromatic rings. The lowest BCUT2D eigenvalue weighted by molar-refractivity contribution is -0.121. The van der Waals surface area contributed by atoms with Gasteiger partial charge in [-0.3, -0.25) is 9.59 Å². The summed E-state index contributed by atoms with van der Waals surface area (Å²) in [6.07, 6.45) is 3.68. The number of nitrogens with zero attached hydrogens (tertiary/aromatic N) is 1. The summed E-state index contributed by atoms with van der Waals surface area (Å²) in [5.74, 6) is 0.0592. The van der Waals surface area contributed by atoms with Gasteiger partial charge in [0.05, 0.1) is 23.1 Å². The molecule has 0 radical (unpaired) electrons. The van der Waals surface area contributed by atoms with Gasteiger partial charge < -0.3 is 9.73 Å². The quantitative estimate of drug-likeness (QED) is 0.464. The summed E-state index contributed by atoms with van der Waals surface area (Å²) in [4.78, 5) is 23.4. The minimum atomic E-state index is -0.258. The third-order valence-corrected chi connectivity index (χ3v) is 3.24. The van der Waals surface area contributed by atoms with Gasteiger partial charge in [-0.2, -0.15) is 5.10 Å². The Morgan fingerprint density at radius 1 is 1.22 bits per heavy atom. The summed E-state index contributed by atoms with van der Waals surface area (Å²) in [5, 5.41) is 6.88. The molecule has 6 nitrogen and oxygen atoms in total. The second-order valence-corrected chi connectivity index (χ2v) is 5.06. The van der Waals surface area contributed by atoms with Crippen LogP contribution in [-0.4, -0.2) is 24.6 Å². The molecule has 0 bridgehead atoms. The fourth-order valence-electron chi connectivity index (χ4n) is 1.78. The zero-order chi connectivity index (χ0) is 16.5. The van der Waals surface area contributed by atoms with E-state index in [0.717, 1.165) is 0 Å². The molecule has 0 spiro atoms. The summed E-state index contributed by atoms with van der Waals surface area (Å²) >= 11 is 5.93. The minimum absolute atomic E-state index is 0.236. The highest BCUT2D eigenvalue weighted by atomic mass is 35.5. The number of furan rings is 1. The molecule has 2 rings (SSSR count). The summed E-state index contributed by atoms with van der Waals surface area (Å²) in [6.45, 7) is 0.374. The number of rotatable bonds is 7. The van der Waals surface area contributed by atoms with Crippen molar-refractivity contribution in [3.05, 3.63) is 59.0 Å². The van der Waals surface area contributed by atoms with Crippen molar-refractivity contribution in [3.63, 3.8) is 0 Å². The van der Waals surface area contributed by atoms with Gasteiger partial charge in [-0.05, 0) is 30.7 Å². The highest BCUT2D eigenvalue weighted by Gasteiger charge is 2.08. The SMILES string of the molecule is O=C(CCCNC(=O)c1ccccc1Cl)N/N=C/c1ccco1. The average Bonchev–Trinajstić information content (AvgIpc) is 3.05. The van der Waals surface area contributed by atoms with Crippen LogP contribution in [0.3, 0.4) is 0 Å². The van der Waals surface area contributed by atoms with Crippen molar-refractivity contribution in [2.24, 2.45) is 5.10 Å². The van der Waals surface area contributed by atoms with Crippen LogP contribution in [0.1, 0.15) is 29.0 Å². The van der Waals surface area contributed by atoms with Gasteiger partial charge in [-0.25, -0.2) is 5.43 Å². The van der Waals surface area contributed by atoms with Crippen LogP contribution in [-0.2, 0) is 4.79 Å². The highest BCUT2D eigenvalue weighted by molar-refractivity contribution is 6.33. The molecular formula is C16H16ClN3O3. The van der Waals surface area contributed by atoms with Crippen LogP contribution in [0.4, 0.5) is 0 Å². The summed E-state index contributed by atoms with van der Waals surface area (Å²) in [5.41, 5.74) is 2.80. The minimum Gasteiger partial charge on any atom is -0.463 e. The van der Waals surface area contributed by atoms with Gasteiger partial charge in [-0.15, -0.1) is 0 Å². The molecule has 2 amide bonds. The Morgan fingerprint density at radius 3 is 2.78 bits per heavy atom. The van der Waals surface area contributed by atoms with Gasteiger partial charge in [0.15, 0.2) is 0 Å². The third kappa shape index (κ3) is 5.60. The number of carbonyl (C=O) groups is 2. The van der Waals surface area contributed by atoms with Crippen LogP contribution in [0, 0.1) is 0 Å². The first-order valence-corrected chi connectivity index (χ1v) is 7.43. The van der Waals surface area contributed by atoms with Crippen LogP contribution in [0.5, 0.6) is 0 Å². The second-order valence-electron chi connectivity index (χ2n) is 4.65. The summed E-state index contributed by atoms with van der Waals surface area (Å²) < 4.78 is 5.03. The van der Waals surface area contributed by atoms with Gasteiger partial charge in [0, 0.05) is 13.0 Å². The van der Waals surface area contributed by atoms with Crippen LogP contribution < -0.4 is 10.7 Å². The summed E-state index contributed by atoms with van der Waals surface area (Å²) in [6, 6.07) is 10.2. The van der Waals surface area contributed by atoms with E-state index in [9.17, 15) is 9.59 Å².